The van der Waals surface area contributed by atoms with Crippen molar-refractivity contribution in [2.24, 2.45) is 34.0 Å². The number of ketones is 1. The molecule has 6 rings (SSSR count). The Balaban J connectivity index is 1.13. The number of rotatable bonds is 8. The van der Waals surface area contributed by atoms with Crippen LogP contribution in [0.15, 0.2) is 90.6 Å². The monoisotopic (exact) mass is 663 g/mol. The van der Waals surface area contributed by atoms with E-state index in [1.165, 1.54) is 11.8 Å². The van der Waals surface area contributed by atoms with Gasteiger partial charge in [0.1, 0.15) is 11.9 Å². The Morgan fingerprint density at radius 1 is 1.10 bits per heavy atom. The van der Waals surface area contributed by atoms with Crippen molar-refractivity contribution in [1.29, 1.82) is 5.26 Å². The van der Waals surface area contributed by atoms with Crippen LogP contribution in [0, 0.1) is 45.3 Å². The van der Waals surface area contributed by atoms with Crippen LogP contribution in [0.5, 0.6) is 0 Å². The van der Waals surface area contributed by atoms with Gasteiger partial charge in [-0.15, -0.1) is 18.3 Å². The molecule has 1 N–H and O–H groups in total. The fourth-order valence-electron chi connectivity index (χ4n) is 9.31. The lowest BCUT2D eigenvalue weighted by Crippen LogP contribution is -2.63. The highest BCUT2D eigenvalue weighted by Gasteiger charge is 2.68. The molecule has 3 saturated carbocycles. The lowest BCUT2D eigenvalue weighted by atomic mass is 9.44. The molecule has 3 fully saturated rings. The standard InChI is InChI=1S/C41H47N2O4S/c1-6-39(4)23-35(40(5)27(2)15-19-41(28(3)38(39)46)20-16-34(44)37(40)41)47-36(45)26-48-32-17-21-43(22-18-32)25-29-11-13-30(14-12-29)33-10-8-7-9-31(33)24-42/h6-14,17-18,21-22,27-28,35,37-38,46H,1,15-16,19-20,23,25-26H2,2-5H3/q+1/t27-,28+,35-,37+,38+,39-,40+,41+/m1/s1. The summed E-state index contributed by atoms with van der Waals surface area (Å²) in [6.45, 7) is 13.3. The molecular formula is C41H47N2O4S+. The van der Waals surface area contributed by atoms with Gasteiger partial charge in [-0.25, -0.2) is 4.57 Å². The van der Waals surface area contributed by atoms with Crippen molar-refractivity contribution in [3.8, 4) is 17.2 Å². The zero-order valence-electron chi connectivity index (χ0n) is 28.5. The largest absolute Gasteiger partial charge is 0.461 e. The molecule has 0 unspecified atom stereocenters. The Labute approximate surface area is 289 Å². The van der Waals surface area contributed by atoms with Crippen LogP contribution in [0.1, 0.15) is 70.9 Å². The van der Waals surface area contributed by atoms with Gasteiger partial charge in [0.2, 0.25) is 0 Å². The number of Topliss-reactive ketones (excluding diaryl/α,β-unsaturated/α-hetero) is 1. The van der Waals surface area contributed by atoms with Crippen molar-refractivity contribution < 1.29 is 24.0 Å². The molecule has 3 aliphatic rings. The van der Waals surface area contributed by atoms with E-state index in [2.05, 4.69) is 50.1 Å². The molecule has 2 bridgehead atoms. The van der Waals surface area contributed by atoms with Gasteiger partial charge in [0.15, 0.2) is 18.9 Å². The summed E-state index contributed by atoms with van der Waals surface area (Å²) in [5, 5.41) is 21.2. The number of esters is 1. The third kappa shape index (κ3) is 5.92. The van der Waals surface area contributed by atoms with Crippen molar-refractivity contribution in [3.05, 3.63) is 96.8 Å². The second-order valence-electron chi connectivity index (χ2n) is 14.9. The zero-order valence-corrected chi connectivity index (χ0v) is 29.3. The van der Waals surface area contributed by atoms with Gasteiger partial charge in [-0.2, -0.15) is 5.26 Å². The van der Waals surface area contributed by atoms with Gasteiger partial charge in [0.25, 0.3) is 0 Å². The van der Waals surface area contributed by atoms with Crippen LogP contribution in [0.2, 0.25) is 0 Å². The number of ether oxygens (including phenoxy) is 1. The minimum Gasteiger partial charge on any atom is -0.461 e. The Hall–Kier alpha value is -3.73. The van der Waals surface area contributed by atoms with Crippen LogP contribution < -0.4 is 4.57 Å². The maximum Gasteiger partial charge on any atom is 0.316 e. The number of benzene rings is 2. The maximum absolute atomic E-state index is 13.6. The number of carbonyl (C=O) groups excluding carboxylic acids is 2. The number of pyridine rings is 1. The van der Waals surface area contributed by atoms with E-state index >= 15 is 0 Å². The molecule has 250 valence electrons. The molecule has 0 saturated heterocycles. The number of aromatic nitrogens is 1. The van der Waals surface area contributed by atoms with Gasteiger partial charge in [0.05, 0.1) is 23.5 Å². The minimum atomic E-state index is -0.675. The molecule has 7 heteroatoms. The molecule has 0 amide bonds. The van der Waals surface area contributed by atoms with Crippen LogP contribution in [-0.4, -0.2) is 34.8 Å². The summed E-state index contributed by atoms with van der Waals surface area (Å²) >= 11 is 1.44. The summed E-state index contributed by atoms with van der Waals surface area (Å²) in [7, 11) is 0. The minimum absolute atomic E-state index is 0.0527. The van der Waals surface area contributed by atoms with Crippen LogP contribution in [0.25, 0.3) is 11.1 Å². The van der Waals surface area contributed by atoms with Gasteiger partial charge < -0.3 is 9.84 Å². The number of thioether (sulfide) groups is 1. The van der Waals surface area contributed by atoms with E-state index in [0.29, 0.717) is 24.9 Å². The quantitative estimate of drug-likeness (QED) is 0.116. The molecule has 0 radical (unpaired) electrons. The van der Waals surface area contributed by atoms with E-state index in [4.69, 9.17) is 4.74 Å². The van der Waals surface area contributed by atoms with Gasteiger partial charge in [-0.1, -0.05) is 76.2 Å². The number of nitrogens with zero attached hydrogens (tertiary/aromatic N) is 2. The third-order valence-corrected chi connectivity index (χ3v) is 13.5. The fraction of sp³-hybridized carbons (Fsp3) is 0.463. The fourth-order valence-corrected chi connectivity index (χ4v) is 9.98. The predicted molar refractivity (Wildman–Crippen MR) is 188 cm³/mol. The Kier molecular flexibility index (Phi) is 9.45. The zero-order chi connectivity index (χ0) is 34.3. The average molecular weight is 664 g/mol. The first-order chi connectivity index (χ1) is 22.9. The maximum atomic E-state index is 13.6. The van der Waals surface area contributed by atoms with E-state index in [0.717, 1.165) is 40.8 Å². The molecule has 3 aromatic rings. The van der Waals surface area contributed by atoms with Gasteiger partial charge in [-0.3, -0.25) is 9.59 Å². The lowest BCUT2D eigenvalue weighted by molar-refractivity contribution is -0.688. The highest BCUT2D eigenvalue weighted by molar-refractivity contribution is 8.00. The SMILES string of the molecule is C=C[C@]1(C)C[C@@H](OC(=O)CSc2cc[n+](Cc3ccc(-c4ccccc4C#N)cc3)cc2)[C@]2(C)[C@H](C)CC[C@]3(CCC(=O)[C@H]32)[C@@H](C)[C@@H]1O. The molecule has 6 nitrogen and oxygen atoms in total. The van der Waals surface area contributed by atoms with Crippen LogP contribution in [0.3, 0.4) is 0 Å². The van der Waals surface area contributed by atoms with Crippen molar-refractivity contribution in [1.82, 2.24) is 0 Å². The average Bonchev–Trinajstić information content (AvgIpc) is 3.46. The molecule has 8 atom stereocenters. The number of nitriles is 1. The van der Waals surface area contributed by atoms with Crippen molar-refractivity contribution >= 4 is 23.5 Å². The normalized spacial score (nSPS) is 32.8. The lowest BCUT2D eigenvalue weighted by Gasteiger charge is -2.61. The molecular weight excluding hydrogens is 617 g/mol. The van der Waals surface area contributed by atoms with Gasteiger partial charge >= 0.3 is 5.97 Å². The summed E-state index contributed by atoms with van der Waals surface area (Å²) in [5.74, 6) is 0.0385. The van der Waals surface area contributed by atoms with Gasteiger partial charge in [0, 0.05) is 45.8 Å². The molecule has 0 spiro atoms. The number of hydrogen-bond donors (Lipinski definition) is 1. The number of carbonyl (C=O) groups is 2. The van der Waals surface area contributed by atoms with Crippen molar-refractivity contribution in [2.45, 2.75) is 83.4 Å². The second-order valence-corrected chi connectivity index (χ2v) is 16.0. The molecule has 1 aromatic heterocycles. The highest BCUT2D eigenvalue weighted by Crippen LogP contribution is 2.68. The number of aliphatic hydroxyl groups excluding tert-OH is 1. The van der Waals surface area contributed by atoms with Gasteiger partial charge in [-0.05, 0) is 60.1 Å². The van der Waals surface area contributed by atoms with E-state index in [1.807, 2.05) is 73.9 Å². The van der Waals surface area contributed by atoms with Crippen LogP contribution >= 0.6 is 11.8 Å². The Morgan fingerprint density at radius 2 is 1.81 bits per heavy atom. The first kappa shape index (κ1) is 34.1. The highest BCUT2D eigenvalue weighted by atomic mass is 32.2. The molecule has 3 aliphatic carbocycles. The Morgan fingerprint density at radius 3 is 2.50 bits per heavy atom. The first-order valence-electron chi connectivity index (χ1n) is 17.2. The van der Waals surface area contributed by atoms with Crippen LogP contribution in [-0.2, 0) is 20.9 Å². The summed E-state index contributed by atoms with van der Waals surface area (Å²) < 4.78 is 8.50. The van der Waals surface area contributed by atoms with Crippen molar-refractivity contribution in [2.75, 3.05) is 5.75 Å². The third-order valence-electron chi connectivity index (χ3n) is 12.5. The topological polar surface area (TPSA) is 91.3 Å². The molecule has 1 heterocycles. The molecule has 48 heavy (non-hydrogen) atoms. The number of hydrogen-bond acceptors (Lipinski definition) is 6. The smallest absolute Gasteiger partial charge is 0.316 e. The Bertz CT molecular complexity index is 1730. The number of aliphatic hydroxyl groups is 1. The summed E-state index contributed by atoms with van der Waals surface area (Å²) in [6.07, 6.45) is 8.30. The molecule has 2 aromatic carbocycles. The van der Waals surface area contributed by atoms with Crippen molar-refractivity contribution in [3.63, 3.8) is 0 Å². The summed E-state index contributed by atoms with van der Waals surface area (Å²) in [4.78, 5) is 28.2. The van der Waals surface area contributed by atoms with E-state index in [-0.39, 0.29) is 40.7 Å². The van der Waals surface area contributed by atoms with Crippen LogP contribution in [0.4, 0.5) is 0 Å². The molecule has 0 aliphatic heterocycles. The van der Waals surface area contributed by atoms with E-state index in [9.17, 15) is 20.0 Å². The first-order valence-corrected chi connectivity index (χ1v) is 18.2. The predicted octanol–water partition coefficient (Wildman–Crippen LogP) is 7.56. The van der Waals surface area contributed by atoms with E-state index in [1.54, 1.807) is 0 Å². The summed E-state index contributed by atoms with van der Waals surface area (Å²) in [6, 6.07) is 22.2. The van der Waals surface area contributed by atoms with E-state index < -0.39 is 23.0 Å². The second kappa shape index (κ2) is 13.3. The summed E-state index contributed by atoms with van der Waals surface area (Å²) in [5.41, 5.74) is 2.30.